The number of fused-ring (bicyclic) bond motifs is 1. The van der Waals surface area contributed by atoms with Gasteiger partial charge in [-0.1, -0.05) is 11.6 Å². The predicted molar refractivity (Wildman–Crippen MR) is 95.0 cm³/mol. The largest absolute Gasteiger partial charge is 0.384 e. The third-order valence-corrected chi connectivity index (χ3v) is 5.95. The van der Waals surface area contributed by atoms with Crippen molar-refractivity contribution in [3.05, 3.63) is 35.5 Å². The molecule has 0 aliphatic carbocycles. The van der Waals surface area contributed by atoms with Crippen molar-refractivity contribution in [1.82, 2.24) is 9.88 Å². The number of hydrogen-bond donors (Lipinski definition) is 1. The molecule has 1 aliphatic heterocycles. The molecule has 0 radical (unpaired) electrons. The molecule has 1 N–H and O–H groups in total. The lowest BCUT2D eigenvalue weighted by Crippen LogP contribution is -2.41. The molecule has 2 heterocycles. The first-order valence-electron chi connectivity index (χ1n) is 7.74. The average Bonchev–Trinajstić information content (AvgIpc) is 2.52. The Hall–Kier alpha value is -1.37. The number of nitrogens with zero attached hydrogens (tertiary/aromatic N) is 2. The second kappa shape index (κ2) is 7.03. The molecule has 5 nitrogen and oxygen atoms in total. The fourth-order valence-electron chi connectivity index (χ4n) is 2.77. The maximum absolute atomic E-state index is 11.4. The molecule has 1 aromatic carbocycles. The van der Waals surface area contributed by atoms with Crippen molar-refractivity contribution in [3.63, 3.8) is 0 Å². The lowest BCUT2D eigenvalue weighted by atomic mass is 10.2. The van der Waals surface area contributed by atoms with Crippen molar-refractivity contribution in [2.75, 3.05) is 43.0 Å². The first-order valence-corrected chi connectivity index (χ1v) is 9.94. The summed E-state index contributed by atoms with van der Waals surface area (Å²) in [6.45, 7) is 3.06. The summed E-state index contributed by atoms with van der Waals surface area (Å²) in [5, 5.41) is 5.17. The second-order valence-corrected chi connectivity index (χ2v) is 8.53. The summed E-state index contributed by atoms with van der Waals surface area (Å²) in [7, 11) is -2.79. The monoisotopic (exact) mass is 353 g/mol. The van der Waals surface area contributed by atoms with E-state index in [9.17, 15) is 8.42 Å². The molecule has 1 aromatic heterocycles. The summed E-state index contributed by atoms with van der Waals surface area (Å²) in [6.07, 6.45) is 2.74. The van der Waals surface area contributed by atoms with Crippen molar-refractivity contribution in [1.29, 1.82) is 0 Å². The Bertz CT molecular complexity index is 781. The molecule has 23 heavy (non-hydrogen) atoms. The standard InChI is InChI=1S/C16H20ClN3O2S/c17-13-2-3-14-15(4-6-19-16(14)12-13)18-5-1-7-20-8-10-23(21,22)11-9-20/h2-4,6,12H,1,5,7-11H2,(H,18,19). The molecule has 3 rings (SSSR count). The van der Waals surface area contributed by atoms with E-state index in [1.165, 1.54) is 0 Å². The van der Waals surface area contributed by atoms with Crippen molar-refractivity contribution >= 4 is 38.0 Å². The Kier molecular flexibility index (Phi) is 5.04. The predicted octanol–water partition coefficient (Wildman–Crippen LogP) is 2.42. The Labute approximate surface area is 141 Å². The Morgan fingerprint density at radius 1 is 1.22 bits per heavy atom. The number of nitrogens with one attached hydrogen (secondary N) is 1. The van der Waals surface area contributed by atoms with Crippen molar-refractivity contribution in [3.8, 4) is 0 Å². The molecule has 124 valence electrons. The maximum atomic E-state index is 11.4. The lowest BCUT2D eigenvalue weighted by Gasteiger charge is -2.26. The van der Waals surface area contributed by atoms with E-state index in [0.717, 1.165) is 36.1 Å². The van der Waals surface area contributed by atoms with Crippen LogP contribution in [0.25, 0.3) is 10.9 Å². The van der Waals surface area contributed by atoms with Gasteiger partial charge in [-0.2, -0.15) is 0 Å². The minimum absolute atomic E-state index is 0.288. The molecule has 0 saturated carbocycles. The molecule has 0 spiro atoms. The molecule has 2 aromatic rings. The third kappa shape index (κ3) is 4.34. The highest BCUT2D eigenvalue weighted by Crippen LogP contribution is 2.24. The smallest absolute Gasteiger partial charge is 0.152 e. The number of hydrogen-bond acceptors (Lipinski definition) is 5. The van der Waals surface area contributed by atoms with Crippen LogP contribution in [0.1, 0.15) is 6.42 Å². The molecular formula is C16H20ClN3O2S. The molecule has 1 fully saturated rings. The van der Waals surface area contributed by atoms with Crippen LogP contribution in [0.15, 0.2) is 30.5 Å². The number of rotatable bonds is 5. The van der Waals surface area contributed by atoms with Crippen LogP contribution in [-0.2, 0) is 9.84 Å². The van der Waals surface area contributed by atoms with E-state index in [4.69, 9.17) is 11.6 Å². The summed E-state index contributed by atoms with van der Waals surface area (Å²) in [4.78, 5) is 6.54. The van der Waals surface area contributed by atoms with Gasteiger partial charge in [-0.15, -0.1) is 0 Å². The topological polar surface area (TPSA) is 62.3 Å². The Balaban J connectivity index is 1.52. The zero-order valence-corrected chi connectivity index (χ0v) is 14.4. The summed E-state index contributed by atoms with van der Waals surface area (Å²) >= 11 is 6.00. The first kappa shape index (κ1) is 16.5. The summed E-state index contributed by atoms with van der Waals surface area (Å²) in [5.74, 6) is 0.576. The lowest BCUT2D eigenvalue weighted by molar-refractivity contribution is 0.295. The molecule has 7 heteroatoms. The normalized spacial score (nSPS) is 18.1. The van der Waals surface area contributed by atoms with Gasteiger partial charge in [-0.05, 0) is 37.2 Å². The van der Waals surface area contributed by atoms with Gasteiger partial charge in [-0.3, -0.25) is 4.98 Å². The molecule has 1 saturated heterocycles. The summed E-state index contributed by atoms with van der Waals surface area (Å²) in [6, 6.07) is 7.66. The number of pyridine rings is 1. The van der Waals surface area contributed by atoms with Crippen LogP contribution < -0.4 is 5.32 Å². The molecule has 1 aliphatic rings. The SMILES string of the molecule is O=S1(=O)CCN(CCCNc2ccnc3cc(Cl)ccc23)CC1. The van der Waals surface area contributed by atoms with E-state index < -0.39 is 9.84 Å². The summed E-state index contributed by atoms with van der Waals surface area (Å²) in [5.41, 5.74) is 1.93. The van der Waals surface area contributed by atoms with Crippen molar-refractivity contribution < 1.29 is 8.42 Å². The van der Waals surface area contributed by atoms with E-state index in [1.54, 1.807) is 6.20 Å². The minimum atomic E-state index is -2.79. The van der Waals surface area contributed by atoms with E-state index in [2.05, 4.69) is 15.2 Å². The van der Waals surface area contributed by atoms with Crippen molar-refractivity contribution in [2.24, 2.45) is 0 Å². The van der Waals surface area contributed by atoms with E-state index in [-0.39, 0.29) is 11.5 Å². The Morgan fingerprint density at radius 3 is 2.78 bits per heavy atom. The molecular weight excluding hydrogens is 334 g/mol. The number of anilines is 1. The van der Waals surface area contributed by atoms with Gasteiger partial charge in [0, 0.05) is 41.9 Å². The zero-order chi connectivity index (χ0) is 16.3. The van der Waals surface area contributed by atoms with Crippen LogP contribution in [0.3, 0.4) is 0 Å². The van der Waals surface area contributed by atoms with Gasteiger partial charge in [0.25, 0.3) is 0 Å². The van der Waals surface area contributed by atoms with Gasteiger partial charge in [0.2, 0.25) is 0 Å². The first-order chi connectivity index (χ1) is 11.0. The molecule has 0 unspecified atom stereocenters. The number of sulfone groups is 1. The maximum Gasteiger partial charge on any atom is 0.152 e. The van der Waals surface area contributed by atoms with Gasteiger partial charge < -0.3 is 10.2 Å². The van der Waals surface area contributed by atoms with Crippen LogP contribution in [0.5, 0.6) is 0 Å². The molecule has 0 amide bonds. The number of aromatic nitrogens is 1. The van der Waals surface area contributed by atoms with Crippen molar-refractivity contribution in [2.45, 2.75) is 6.42 Å². The van der Waals surface area contributed by atoms with Crippen LogP contribution in [0, 0.1) is 0 Å². The van der Waals surface area contributed by atoms with E-state index in [0.29, 0.717) is 18.1 Å². The van der Waals surface area contributed by atoms with Gasteiger partial charge in [-0.25, -0.2) is 8.42 Å². The average molecular weight is 354 g/mol. The van der Waals surface area contributed by atoms with Crippen LogP contribution in [0.4, 0.5) is 5.69 Å². The zero-order valence-electron chi connectivity index (χ0n) is 12.8. The fraction of sp³-hybridized carbons (Fsp3) is 0.438. The third-order valence-electron chi connectivity index (χ3n) is 4.11. The highest BCUT2D eigenvalue weighted by molar-refractivity contribution is 7.91. The van der Waals surface area contributed by atoms with Crippen LogP contribution >= 0.6 is 11.6 Å². The molecule has 0 bridgehead atoms. The van der Waals surface area contributed by atoms with Gasteiger partial charge in [0.1, 0.15) is 0 Å². The second-order valence-electron chi connectivity index (χ2n) is 5.79. The quantitative estimate of drug-likeness (QED) is 0.836. The van der Waals surface area contributed by atoms with Crippen LogP contribution in [0.2, 0.25) is 5.02 Å². The summed E-state index contributed by atoms with van der Waals surface area (Å²) < 4.78 is 22.8. The van der Waals surface area contributed by atoms with Gasteiger partial charge in [0.15, 0.2) is 9.84 Å². The van der Waals surface area contributed by atoms with Gasteiger partial charge >= 0.3 is 0 Å². The Morgan fingerprint density at radius 2 is 2.00 bits per heavy atom. The highest BCUT2D eigenvalue weighted by Gasteiger charge is 2.20. The highest BCUT2D eigenvalue weighted by atomic mass is 35.5. The number of halogens is 1. The van der Waals surface area contributed by atoms with E-state index in [1.807, 2.05) is 24.3 Å². The van der Waals surface area contributed by atoms with Gasteiger partial charge in [0.05, 0.1) is 17.0 Å². The van der Waals surface area contributed by atoms with E-state index >= 15 is 0 Å². The molecule has 0 atom stereocenters. The van der Waals surface area contributed by atoms with Crippen LogP contribution in [-0.4, -0.2) is 56.0 Å². The number of benzene rings is 1. The minimum Gasteiger partial charge on any atom is -0.384 e. The fourth-order valence-corrected chi connectivity index (χ4v) is 4.22.